The van der Waals surface area contributed by atoms with Gasteiger partial charge in [-0.05, 0) is 60.5 Å². The van der Waals surface area contributed by atoms with Crippen molar-refractivity contribution >= 4 is 33.8 Å². The summed E-state index contributed by atoms with van der Waals surface area (Å²) in [7, 11) is 3.26. The van der Waals surface area contributed by atoms with Crippen LogP contribution in [0.1, 0.15) is 12.5 Å². The molecule has 1 fully saturated rings. The van der Waals surface area contributed by atoms with Gasteiger partial charge in [-0.3, -0.25) is 4.79 Å². The van der Waals surface area contributed by atoms with Crippen molar-refractivity contribution in [2.75, 3.05) is 50.7 Å². The average Bonchev–Trinajstić information content (AvgIpc) is 3.36. The SMILES string of the molecule is COc1ccc(-c2coc3cc(OC)c(/C(C)=C/C(=O)Nc4ccc(N5CCOCC5)cc4)cc23)cc1. The van der Waals surface area contributed by atoms with Crippen LogP contribution in [0.5, 0.6) is 11.5 Å². The number of nitrogens with one attached hydrogen (secondary N) is 1. The molecule has 1 aromatic heterocycles. The van der Waals surface area contributed by atoms with Crippen molar-refractivity contribution < 1.29 is 23.4 Å². The van der Waals surface area contributed by atoms with Crippen LogP contribution in [-0.2, 0) is 9.53 Å². The first-order valence-corrected chi connectivity index (χ1v) is 12.2. The normalized spacial score (nSPS) is 14.0. The third-order valence-corrected chi connectivity index (χ3v) is 6.58. The highest BCUT2D eigenvalue weighted by atomic mass is 16.5. The Morgan fingerprint density at radius 2 is 1.70 bits per heavy atom. The van der Waals surface area contributed by atoms with Crippen LogP contribution in [0.2, 0.25) is 0 Å². The second-order valence-electron chi connectivity index (χ2n) is 8.89. The molecule has 7 nitrogen and oxygen atoms in total. The molecule has 1 aliphatic rings. The van der Waals surface area contributed by atoms with Gasteiger partial charge in [0.25, 0.3) is 0 Å². The van der Waals surface area contributed by atoms with Gasteiger partial charge < -0.3 is 28.8 Å². The molecule has 190 valence electrons. The van der Waals surface area contributed by atoms with Gasteiger partial charge in [0.2, 0.25) is 5.91 Å². The first-order chi connectivity index (χ1) is 18.1. The number of benzene rings is 3. The molecule has 0 spiro atoms. The van der Waals surface area contributed by atoms with Gasteiger partial charge >= 0.3 is 0 Å². The van der Waals surface area contributed by atoms with E-state index in [4.69, 9.17) is 18.6 Å². The van der Waals surface area contributed by atoms with E-state index in [2.05, 4.69) is 10.2 Å². The second kappa shape index (κ2) is 10.8. The third-order valence-electron chi connectivity index (χ3n) is 6.58. The van der Waals surface area contributed by atoms with Crippen molar-refractivity contribution in [3.05, 3.63) is 78.6 Å². The number of carbonyl (C=O) groups excluding carboxylic acids is 1. The standard InChI is InChI=1S/C30H30N2O5/c1-20(16-30(33)31-22-6-8-23(9-7-22)32-12-14-36-15-13-32)25-17-26-27(19-37-29(26)18-28(25)35-3)21-4-10-24(34-2)11-5-21/h4-11,16-19H,12-15H2,1-3H3,(H,31,33)/b20-16+. The highest BCUT2D eigenvalue weighted by molar-refractivity contribution is 6.05. The maximum Gasteiger partial charge on any atom is 0.248 e. The maximum atomic E-state index is 12.9. The summed E-state index contributed by atoms with van der Waals surface area (Å²) in [4.78, 5) is 15.1. The minimum Gasteiger partial charge on any atom is -0.497 e. The van der Waals surface area contributed by atoms with Gasteiger partial charge in [-0.2, -0.15) is 0 Å². The number of morpholine rings is 1. The van der Waals surface area contributed by atoms with Crippen molar-refractivity contribution in [3.63, 3.8) is 0 Å². The third kappa shape index (κ3) is 5.32. The lowest BCUT2D eigenvalue weighted by Crippen LogP contribution is -2.36. The highest BCUT2D eigenvalue weighted by Gasteiger charge is 2.16. The largest absolute Gasteiger partial charge is 0.497 e. The summed E-state index contributed by atoms with van der Waals surface area (Å²) in [6, 6.07) is 19.6. The number of nitrogens with zero attached hydrogens (tertiary/aromatic N) is 1. The monoisotopic (exact) mass is 498 g/mol. The van der Waals surface area contributed by atoms with E-state index in [1.807, 2.05) is 67.6 Å². The number of allylic oxidation sites excluding steroid dienone is 1. The number of furan rings is 1. The molecule has 0 unspecified atom stereocenters. The van der Waals surface area contributed by atoms with Gasteiger partial charge in [-0.25, -0.2) is 0 Å². The lowest BCUT2D eigenvalue weighted by Gasteiger charge is -2.28. The molecule has 0 bridgehead atoms. The van der Waals surface area contributed by atoms with Crippen LogP contribution in [0.3, 0.4) is 0 Å². The van der Waals surface area contributed by atoms with Crippen LogP contribution in [0, 0.1) is 0 Å². The lowest BCUT2D eigenvalue weighted by molar-refractivity contribution is -0.111. The van der Waals surface area contributed by atoms with Crippen LogP contribution >= 0.6 is 0 Å². The van der Waals surface area contributed by atoms with Gasteiger partial charge in [0, 0.05) is 53.1 Å². The molecule has 7 heteroatoms. The zero-order chi connectivity index (χ0) is 25.8. The summed E-state index contributed by atoms with van der Waals surface area (Å²) < 4.78 is 22.2. The van der Waals surface area contributed by atoms with Crippen LogP contribution in [0.25, 0.3) is 27.7 Å². The fourth-order valence-electron chi connectivity index (χ4n) is 4.56. The van der Waals surface area contributed by atoms with E-state index in [1.54, 1.807) is 26.6 Å². The summed E-state index contributed by atoms with van der Waals surface area (Å²) in [6.07, 6.45) is 3.33. The second-order valence-corrected chi connectivity index (χ2v) is 8.89. The van der Waals surface area contributed by atoms with E-state index < -0.39 is 0 Å². The highest BCUT2D eigenvalue weighted by Crippen LogP contribution is 2.37. The van der Waals surface area contributed by atoms with Crippen LogP contribution < -0.4 is 19.7 Å². The lowest BCUT2D eigenvalue weighted by atomic mass is 9.99. The molecular formula is C30H30N2O5. The van der Waals surface area contributed by atoms with E-state index in [1.165, 1.54) is 0 Å². The number of amides is 1. The molecular weight excluding hydrogens is 468 g/mol. The van der Waals surface area contributed by atoms with Crippen molar-refractivity contribution in [1.82, 2.24) is 0 Å². The molecule has 0 radical (unpaired) electrons. The van der Waals surface area contributed by atoms with Gasteiger partial charge in [-0.1, -0.05) is 12.1 Å². The maximum absolute atomic E-state index is 12.9. The Labute approximate surface area is 216 Å². The molecule has 5 rings (SSSR count). The van der Waals surface area contributed by atoms with Crippen molar-refractivity contribution in [2.24, 2.45) is 0 Å². The van der Waals surface area contributed by atoms with Crippen molar-refractivity contribution in [3.8, 4) is 22.6 Å². The number of ether oxygens (including phenoxy) is 3. The number of carbonyl (C=O) groups is 1. The predicted octanol–water partition coefficient (Wildman–Crippen LogP) is 6.00. The van der Waals surface area contributed by atoms with Gasteiger partial charge in [0.15, 0.2) is 0 Å². The molecule has 0 aliphatic carbocycles. The molecule has 2 heterocycles. The number of hydrogen-bond donors (Lipinski definition) is 1. The molecule has 0 atom stereocenters. The summed E-state index contributed by atoms with van der Waals surface area (Å²) in [5.74, 6) is 1.22. The predicted molar refractivity (Wildman–Crippen MR) is 147 cm³/mol. The smallest absolute Gasteiger partial charge is 0.248 e. The molecule has 1 N–H and O–H groups in total. The first kappa shape index (κ1) is 24.5. The van der Waals surface area contributed by atoms with Gasteiger partial charge in [-0.15, -0.1) is 0 Å². The Morgan fingerprint density at radius 1 is 0.973 bits per heavy atom. The Hall–Kier alpha value is -4.23. The molecule has 3 aromatic carbocycles. The Balaban J connectivity index is 1.37. The fourth-order valence-corrected chi connectivity index (χ4v) is 4.56. The minimum atomic E-state index is -0.207. The fraction of sp³-hybridized carbons (Fsp3) is 0.233. The van der Waals surface area contributed by atoms with Crippen LogP contribution in [0.15, 0.2) is 77.4 Å². The number of methoxy groups -OCH3 is 2. The van der Waals surface area contributed by atoms with E-state index >= 15 is 0 Å². The zero-order valence-electron chi connectivity index (χ0n) is 21.2. The van der Waals surface area contributed by atoms with E-state index in [0.717, 1.165) is 71.1 Å². The van der Waals surface area contributed by atoms with E-state index in [9.17, 15) is 4.79 Å². The van der Waals surface area contributed by atoms with E-state index in [0.29, 0.717) is 11.3 Å². The number of anilines is 2. The molecule has 37 heavy (non-hydrogen) atoms. The minimum absolute atomic E-state index is 0.207. The zero-order valence-corrected chi connectivity index (χ0v) is 21.2. The van der Waals surface area contributed by atoms with Crippen molar-refractivity contribution in [1.29, 1.82) is 0 Å². The van der Waals surface area contributed by atoms with Gasteiger partial charge in [0.1, 0.15) is 17.1 Å². The van der Waals surface area contributed by atoms with Gasteiger partial charge in [0.05, 0.1) is 33.7 Å². The Bertz CT molecular complexity index is 1420. The molecule has 1 amide bonds. The summed E-state index contributed by atoms with van der Waals surface area (Å²) in [6.45, 7) is 5.11. The van der Waals surface area contributed by atoms with Crippen molar-refractivity contribution in [2.45, 2.75) is 6.92 Å². The quantitative estimate of drug-likeness (QED) is 0.315. The number of fused-ring (bicyclic) bond motifs is 1. The Kier molecular flexibility index (Phi) is 7.14. The molecule has 4 aromatic rings. The summed E-state index contributed by atoms with van der Waals surface area (Å²) in [5, 5.41) is 3.90. The van der Waals surface area contributed by atoms with Crippen LogP contribution in [-0.4, -0.2) is 46.4 Å². The number of rotatable bonds is 7. The molecule has 1 aliphatic heterocycles. The average molecular weight is 499 g/mol. The topological polar surface area (TPSA) is 73.2 Å². The molecule has 0 saturated carbocycles. The Morgan fingerprint density at radius 3 is 2.38 bits per heavy atom. The first-order valence-electron chi connectivity index (χ1n) is 12.2. The molecule has 1 saturated heterocycles. The van der Waals surface area contributed by atoms with E-state index in [-0.39, 0.29) is 5.91 Å². The summed E-state index contributed by atoms with van der Waals surface area (Å²) >= 11 is 0. The summed E-state index contributed by atoms with van der Waals surface area (Å²) in [5.41, 5.74) is 6.15. The van der Waals surface area contributed by atoms with Crippen LogP contribution in [0.4, 0.5) is 11.4 Å². The number of hydrogen-bond acceptors (Lipinski definition) is 6.